The molecular formula is C50H32. The molecular weight excluding hydrogens is 601 g/mol. The second-order valence-corrected chi connectivity index (χ2v) is 13.3. The van der Waals surface area contributed by atoms with Gasteiger partial charge >= 0.3 is 0 Å². The van der Waals surface area contributed by atoms with Crippen LogP contribution in [-0.2, 0) is 0 Å². The van der Waals surface area contributed by atoms with Gasteiger partial charge in [0.2, 0.25) is 0 Å². The van der Waals surface area contributed by atoms with Gasteiger partial charge in [-0.1, -0.05) is 182 Å². The quantitative estimate of drug-likeness (QED) is 0.134. The van der Waals surface area contributed by atoms with Gasteiger partial charge in [0.1, 0.15) is 0 Å². The van der Waals surface area contributed by atoms with Crippen LogP contribution in [0.2, 0.25) is 0 Å². The van der Waals surface area contributed by atoms with Gasteiger partial charge < -0.3 is 0 Å². The fourth-order valence-electron chi connectivity index (χ4n) is 8.08. The zero-order valence-electron chi connectivity index (χ0n) is 27.5. The van der Waals surface area contributed by atoms with Gasteiger partial charge in [0.25, 0.3) is 0 Å². The van der Waals surface area contributed by atoms with Crippen molar-refractivity contribution in [3.05, 3.63) is 194 Å². The Kier molecular flexibility index (Phi) is 6.60. The minimum absolute atomic E-state index is 1.22. The highest BCUT2D eigenvalue weighted by Gasteiger charge is 2.19. The molecule has 0 amide bonds. The molecule has 10 aromatic carbocycles. The van der Waals surface area contributed by atoms with Crippen LogP contribution in [0.4, 0.5) is 0 Å². The summed E-state index contributed by atoms with van der Waals surface area (Å²) in [4.78, 5) is 0. The summed E-state index contributed by atoms with van der Waals surface area (Å²) < 4.78 is 0. The van der Waals surface area contributed by atoms with Crippen molar-refractivity contribution in [2.24, 2.45) is 0 Å². The Hall–Kier alpha value is -6.50. The van der Waals surface area contributed by atoms with E-state index in [1.165, 1.54) is 98.4 Å². The van der Waals surface area contributed by atoms with E-state index in [1.807, 2.05) is 0 Å². The number of fused-ring (bicyclic) bond motifs is 6. The van der Waals surface area contributed by atoms with Crippen molar-refractivity contribution in [1.29, 1.82) is 0 Å². The molecule has 0 nitrogen and oxygen atoms in total. The molecule has 0 saturated heterocycles. The summed E-state index contributed by atoms with van der Waals surface area (Å²) in [6.45, 7) is 0. The second-order valence-electron chi connectivity index (χ2n) is 13.3. The highest BCUT2D eigenvalue weighted by atomic mass is 14.2. The van der Waals surface area contributed by atoms with Crippen molar-refractivity contribution in [3.63, 3.8) is 0 Å². The predicted octanol–water partition coefficient (Wildman–Crippen LogP) is 14.1. The van der Waals surface area contributed by atoms with Crippen LogP contribution in [0.3, 0.4) is 0 Å². The van der Waals surface area contributed by atoms with E-state index >= 15 is 0 Å². The Morgan fingerprint density at radius 1 is 0.220 bits per heavy atom. The van der Waals surface area contributed by atoms with Crippen LogP contribution in [0, 0.1) is 0 Å². The first-order valence-corrected chi connectivity index (χ1v) is 17.3. The molecule has 10 rings (SSSR count). The molecule has 232 valence electrons. The first-order valence-electron chi connectivity index (χ1n) is 17.3. The Balaban J connectivity index is 1.22. The molecule has 0 aromatic heterocycles. The third-order valence-electron chi connectivity index (χ3n) is 10.4. The molecule has 0 aliphatic rings. The second kappa shape index (κ2) is 11.6. The zero-order valence-corrected chi connectivity index (χ0v) is 27.5. The molecule has 50 heavy (non-hydrogen) atoms. The van der Waals surface area contributed by atoms with Gasteiger partial charge in [0.15, 0.2) is 0 Å². The van der Waals surface area contributed by atoms with Crippen LogP contribution in [0.5, 0.6) is 0 Å². The van der Waals surface area contributed by atoms with Gasteiger partial charge in [-0.3, -0.25) is 0 Å². The summed E-state index contributed by atoms with van der Waals surface area (Å²) >= 11 is 0. The molecule has 0 atom stereocenters. The van der Waals surface area contributed by atoms with E-state index in [1.54, 1.807) is 0 Å². The van der Waals surface area contributed by atoms with E-state index in [9.17, 15) is 0 Å². The van der Waals surface area contributed by atoms with E-state index in [-0.39, 0.29) is 0 Å². The van der Waals surface area contributed by atoms with E-state index in [4.69, 9.17) is 0 Å². The van der Waals surface area contributed by atoms with Crippen molar-refractivity contribution >= 4 is 53.9 Å². The van der Waals surface area contributed by atoms with Gasteiger partial charge in [-0.2, -0.15) is 0 Å². The lowest BCUT2D eigenvalue weighted by Gasteiger charge is -2.20. The molecule has 0 saturated carbocycles. The van der Waals surface area contributed by atoms with Crippen LogP contribution in [0.25, 0.3) is 98.4 Å². The number of hydrogen-bond acceptors (Lipinski definition) is 0. The third kappa shape index (κ3) is 4.61. The fourth-order valence-corrected chi connectivity index (χ4v) is 8.08. The van der Waals surface area contributed by atoms with E-state index in [0.717, 1.165) is 0 Å². The lowest BCUT2D eigenvalue weighted by Crippen LogP contribution is -1.92. The first-order chi connectivity index (χ1) is 24.8. The third-order valence-corrected chi connectivity index (χ3v) is 10.4. The lowest BCUT2D eigenvalue weighted by molar-refractivity contribution is 1.62. The lowest BCUT2D eigenvalue weighted by atomic mass is 9.83. The highest BCUT2D eigenvalue weighted by Crippen LogP contribution is 2.47. The van der Waals surface area contributed by atoms with Crippen molar-refractivity contribution < 1.29 is 0 Å². The van der Waals surface area contributed by atoms with Gasteiger partial charge in [-0.25, -0.2) is 0 Å². The summed E-state index contributed by atoms with van der Waals surface area (Å²) in [7, 11) is 0. The van der Waals surface area contributed by atoms with E-state index in [2.05, 4.69) is 194 Å². The Morgan fingerprint density at radius 3 is 1.56 bits per heavy atom. The van der Waals surface area contributed by atoms with Crippen LogP contribution in [0.15, 0.2) is 194 Å². The van der Waals surface area contributed by atoms with Crippen LogP contribution in [-0.4, -0.2) is 0 Å². The molecule has 0 N–H and O–H groups in total. The maximum Gasteiger partial charge on any atom is -0.00141 e. The maximum atomic E-state index is 2.39. The smallest absolute Gasteiger partial charge is 0.00141 e. The molecule has 10 aromatic rings. The minimum Gasteiger partial charge on any atom is -0.0616 e. The topological polar surface area (TPSA) is 0 Å². The summed E-state index contributed by atoms with van der Waals surface area (Å²) in [6.07, 6.45) is 0. The minimum atomic E-state index is 1.22. The van der Waals surface area contributed by atoms with Gasteiger partial charge in [-0.05, 0) is 111 Å². The molecule has 0 aliphatic carbocycles. The average molecular weight is 633 g/mol. The normalized spacial score (nSPS) is 11.6. The Bertz CT molecular complexity index is 2900. The summed E-state index contributed by atoms with van der Waals surface area (Å²) in [5, 5.41) is 12.7. The molecule has 0 fully saturated rings. The SMILES string of the molecule is c1cc(-c2cccc3ccccc23)cc(-c2c3ccccc3c(-c3ccc(-c4ccc5ccccc5c4)cc3)c3c2ccc2ccccc23)c1. The molecule has 0 unspecified atom stereocenters. The van der Waals surface area contributed by atoms with Crippen LogP contribution >= 0.6 is 0 Å². The average Bonchev–Trinajstić information content (AvgIpc) is 3.19. The summed E-state index contributed by atoms with van der Waals surface area (Å²) in [6, 6.07) is 71.4. The molecule has 0 heteroatoms. The zero-order chi connectivity index (χ0) is 33.0. The van der Waals surface area contributed by atoms with Crippen molar-refractivity contribution in [3.8, 4) is 44.5 Å². The largest absolute Gasteiger partial charge is 0.0616 e. The number of benzene rings is 10. The highest BCUT2D eigenvalue weighted by molar-refractivity contribution is 6.28. The van der Waals surface area contributed by atoms with Crippen molar-refractivity contribution in [1.82, 2.24) is 0 Å². The molecule has 0 bridgehead atoms. The van der Waals surface area contributed by atoms with Crippen LogP contribution in [0.1, 0.15) is 0 Å². The molecule has 0 heterocycles. The first kappa shape index (κ1) is 28.5. The fraction of sp³-hybridized carbons (Fsp3) is 0. The molecule has 0 spiro atoms. The summed E-state index contributed by atoms with van der Waals surface area (Å²) in [5.74, 6) is 0. The van der Waals surface area contributed by atoms with Gasteiger partial charge in [0, 0.05) is 0 Å². The monoisotopic (exact) mass is 632 g/mol. The van der Waals surface area contributed by atoms with Crippen LogP contribution < -0.4 is 0 Å². The van der Waals surface area contributed by atoms with E-state index in [0.29, 0.717) is 0 Å². The number of hydrogen-bond donors (Lipinski definition) is 0. The maximum absolute atomic E-state index is 2.39. The molecule has 0 aliphatic heterocycles. The van der Waals surface area contributed by atoms with Gasteiger partial charge in [0.05, 0.1) is 0 Å². The van der Waals surface area contributed by atoms with Gasteiger partial charge in [-0.15, -0.1) is 0 Å². The molecule has 0 radical (unpaired) electrons. The van der Waals surface area contributed by atoms with Crippen molar-refractivity contribution in [2.45, 2.75) is 0 Å². The summed E-state index contributed by atoms with van der Waals surface area (Å²) in [5.41, 5.74) is 9.95. The van der Waals surface area contributed by atoms with Crippen molar-refractivity contribution in [2.75, 3.05) is 0 Å². The Morgan fingerprint density at radius 2 is 0.760 bits per heavy atom. The van der Waals surface area contributed by atoms with E-state index < -0.39 is 0 Å². The predicted molar refractivity (Wildman–Crippen MR) is 216 cm³/mol. The standard InChI is InChI=1S/C50H32/c1-2-14-38-31-39(28-25-33(38)11-1)34-23-26-37(27-24-34)49-46-21-8-7-20-45(46)48(47-30-29-36-13-4-6-19-44(36)50(47)49)41-17-9-16-40(32-41)43-22-10-15-35-12-3-5-18-42(35)43/h1-32H. The Labute approximate surface area is 291 Å². The number of rotatable bonds is 4.